The number of aryl methyl sites for hydroxylation is 2. The number of benzene rings is 1. The van der Waals surface area contributed by atoms with Crippen molar-refractivity contribution < 1.29 is 4.74 Å². The van der Waals surface area contributed by atoms with Crippen molar-refractivity contribution in [2.24, 2.45) is 5.73 Å². The summed E-state index contributed by atoms with van der Waals surface area (Å²) in [6, 6.07) is 6.75. The Labute approximate surface area is 123 Å². The average molecular weight is 276 g/mol. The molecule has 3 heteroatoms. The van der Waals surface area contributed by atoms with Gasteiger partial charge in [-0.25, -0.2) is 0 Å². The summed E-state index contributed by atoms with van der Waals surface area (Å²) in [6.45, 7) is 12.4. The van der Waals surface area contributed by atoms with E-state index in [0.717, 1.165) is 32.7 Å². The SMILES string of the molecule is Cc1ccc(C)c(CC(N)C(C)(C)N2CCOCC2)c1. The van der Waals surface area contributed by atoms with Crippen molar-refractivity contribution in [3.8, 4) is 0 Å². The zero-order valence-corrected chi connectivity index (χ0v) is 13.3. The highest BCUT2D eigenvalue weighted by Crippen LogP contribution is 2.23. The molecule has 0 bridgehead atoms. The second-order valence-corrected chi connectivity index (χ2v) is 6.49. The molecule has 2 N–H and O–H groups in total. The van der Waals surface area contributed by atoms with Crippen LogP contribution >= 0.6 is 0 Å². The third-order valence-electron chi connectivity index (χ3n) is 4.68. The average Bonchev–Trinajstić information content (AvgIpc) is 2.43. The highest BCUT2D eigenvalue weighted by molar-refractivity contribution is 5.31. The summed E-state index contributed by atoms with van der Waals surface area (Å²) in [7, 11) is 0. The number of nitrogens with two attached hydrogens (primary N) is 1. The first-order valence-electron chi connectivity index (χ1n) is 7.56. The maximum Gasteiger partial charge on any atom is 0.0594 e. The van der Waals surface area contributed by atoms with Crippen LogP contribution in [0.15, 0.2) is 18.2 Å². The van der Waals surface area contributed by atoms with Gasteiger partial charge in [0.05, 0.1) is 13.2 Å². The van der Waals surface area contributed by atoms with Crippen molar-refractivity contribution in [1.29, 1.82) is 0 Å². The van der Waals surface area contributed by atoms with E-state index in [-0.39, 0.29) is 11.6 Å². The fourth-order valence-electron chi connectivity index (χ4n) is 2.88. The zero-order valence-electron chi connectivity index (χ0n) is 13.3. The standard InChI is InChI=1S/C17H28N2O/c1-13-5-6-14(2)15(11-13)12-16(18)17(3,4)19-7-9-20-10-8-19/h5-6,11,16H,7-10,12,18H2,1-4H3. The van der Waals surface area contributed by atoms with E-state index in [9.17, 15) is 0 Å². The summed E-state index contributed by atoms with van der Waals surface area (Å²) in [6.07, 6.45) is 0.928. The van der Waals surface area contributed by atoms with Gasteiger partial charge in [-0.2, -0.15) is 0 Å². The minimum atomic E-state index is -0.0000335. The highest BCUT2D eigenvalue weighted by Gasteiger charge is 2.34. The molecule has 1 aliphatic rings. The van der Waals surface area contributed by atoms with Crippen LogP contribution in [0.3, 0.4) is 0 Å². The summed E-state index contributed by atoms with van der Waals surface area (Å²) in [5, 5.41) is 0. The molecule has 20 heavy (non-hydrogen) atoms. The molecule has 1 saturated heterocycles. The smallest absolute Gasteiger partial charge is 0.0594 e. The normalized spacial score (nSPS) is 19.1. The molecule has 1 aliphatic heterocycles. The van der Waals surface area contributed by atoms with E-state index in [1.54, 1.807) is 0 Å². The van der Waals surface area contributed by atoms with Crippen LogP contribution in [-0.2, 0) is 11.2 Å². The van der Waals surface area contributed by atoms with E-state index >= 15 is 0 Å². The van der Waals surface area contributed by atoms with Gasteiger partial charge in [0.25, 0.3) is 0 Å². The fraction of sp³-hybridized carbons (Fsp3) is 0.647. The molecule has 1 unspecified atom stereocenters. The maximum absolute atomic E-state index is 6.55. The number of ether oxygens (including phenoxy) is 1. The first-order chi connectivity index (χ1) is 9.41. The maximum atomic E-state index is 6.55. The van der Waals surface area contributed by atoms with Gasteiger partial charge in [-0.05, 0) is 45.2 Å². The van der Waals surface area contributed by atoms with Crippen molar-refractivity contribution in [1.82, 2.24) is 4.90 Å². The minimum absolute atomic E-state index is 0.0000335. The molecule has 1 fully saturated rings. The van der Waals surface area contributed by atoms with Crippen LogP contribution in [0.2, 0.25) is 0 Å². The first kappa shape index (κ1) is 15.5. The Morgan fingerprint density at radius 3 is 2.55 bits per heavy atom. The molecule has 0 aromatic heterocycles. The van der Waals surface area contributed by atoms with Crippen molar-refractivity contribution >= 4 is 0 Å². The van der Waals surface area contributed by atoms with Crippen LogP contribution in [-0.4, -0.2) is 42.8 Å². The van der Waals surface area contributed by atoms with Gasteiger partial charge in [-0.1, -0.05) is 23.8 Å². The third-order valence-corrected chi connectivity index (χ3v) is 4.68. The van der Waals surface area contributed by atoms with Gasteiger partial charge < -0.3 is 10.5 Å². The molecule has 0 spiro atoms. The molecule has 0 saturated carbocycles. The van der Waals surface area contributed by atoms with Gasteiger partial charge in [-0.15, -0.1) is 0 Å². The van der Waals surface area contributed by atoms with Crippen molar-refractivity contribution in [3.05, 3.63) is 34.9 Å². The molecule has 112 valence electrons. The van der Waals surface area contributed by atoms with E-state index in [2.05, 4.69) is 50.8 Å². The number of nitrogens with zero attached hydrogens (tertiary/aromatic N) is 1. The number of hydrogen-bond donors (Lipinski definition) is 1. The van der Waals surface area contributed by atoms with Crippen LogP contribution in [0, 0.1) is 13.8 Å². The second-order valence-electron chi connectivity index (χ2n) is 6.49. The highest BCUT2D eigenvalue weighted by atomic mass is 16.5. The van der Waals surface area contributed by atoms with Crippen LogP contribution < -0.4 is 5.73 Å². The molecule has 1 aromatic rings. The molecule has 0 amide bonds. The Bertz CT molecular complexity index is 450. The van der Waals surface area contributed by atoms with Crippen molar-refractivity contribution in [3.63, 3.8) is 0 Å². The molecule has 3 nitrogen and oxygen atoms in total. The second kappa shape index (κ2) is 6.25. The van der Waals surface area contributed by atoms with Gasteiger partial charge in [0.15, 0.2) is 0 Å². The monoisotopic (exact) mass is 276 g/mol. The summed E-state index contributed by atoms with van der Waals surface area (Å²) in [5.74, 6) is 0. The molecule has 0 radical (unpaired) electrons. The van der Waals surface area contributed by atoms with Gasteiger partial charge in [0.2, 0.25) is 0 Å². The van der Waals surface area contributed by atoms with Gasteiger partial charge in [0, 0.05) is 24.7 Å². The lowest BCUT2D eigenvalue weighted by molar-refractivity contribution is -0.0186. The number of hydrogen-bond acceptors (Lipinski definition) is 3. The lowest BCUT2D eigenvalue weighted by atomic mass is 9.86. The van der Waals surface area contributed by atoms with Crippen molar-refractivity contribution in [2.75, 3.05) is 26.3 Å². The van der Waals surface area contributed by atoms with Crippen molar-refractivity contribution in [2.45, 2.75) is 45.7 Å². The Hall–Kier alpha value is -0.900. The Morgan fingerprint density at radius 2 is 1.90 bits per heavy atom. The Balaban J connectivity index is 2.09. The minimum Gasteiger partial charge on any atom is -0.379 e. The van der Waals surface area contributed by atoms with Crippen LogP contribution in [0.25, 0.3) is 0 Å². The Morgan fingerprint density at radius 1 is 1.25 bits per heavy atom. The molecular weight excluding hydrogens is 248 g/mol. The molecule has 1 heterocycles. The predicted molar refractivity (Wildman–Crippen MR) is 84.1 cm³/mol. The number of rotatable bonds is 4. The quantitative estimate of drug-likeness (QED) is 0.917. The van der Waals surface area contributed by atoms with E-state index in [0.29, 0.717) is 0 Å². The zero-order chi connectivity index (χ0) is 14.8. The largest absolute Gasteiger partial charge is 0.379 e. The van der Waals surface area contributed by atoms with Gasteiger partial charge in [0.1, 0.15) is 0 Å². The Kier molecular flexibility index (Phi) is 4.84. The molecule has 1 aromatic carbocycles. The lowest BCUT2D eigenvalue weighted by Gasteiger charge is -2.44. The summed E-state index contributed by atoms with van der Waals surface area (Å²) in [5.41, 5.74) is 10.6. The van der Waals surface area contributed by atoms with Crippen LogP contribution in [0.5, 0.6) is 0 Å². The van der Waals surface area contributed by atoms with Crippen LogP contribution in [0.4, 0.5) is 0 Å². The number of morpholine rings is 1. The molecule has 2 rings (SSSR count). The molecule has 0 aliphatic carbocycles. The molecular formula is C17H28N2O. The summed E-state index contributed by atoms with van der Waals surface area (Å²) < 4.78 is 5.45. The van der Waals surface area contributed by atoms with Crippen LogP contribution in [0.1, 0.15) is 30.5 Å². The van der Waals surface area contributed by atoms with E-state index < -0.39 is 0 Å². The van der Waals surface area contributed by atoms with E-state index in [4.69, 9.17) is 10.5 Å². The fourth-order valence-corrected chi connectivity index (χ4v) is 2.88. The van der Waals surface area contributed by atoms with E-state index in [1.807, 2.05) is 0 Å². The topological polar surface area (TPSA) is 38.5 Å². The third kappa shape index (κ3) is 3.40. The van der Waals surface area contributed by atoms with Gasteiger partial charge in [-0.3, -0.25) is 4.90 Å². The summed E-state index contributed by atoms with van der Waals surface area (Å²) >= 11 is 0. The van der Waals surface area contributed by atoms with E-state index in [1.165, 1.54) is 16.7 Å². The first-order valence-corrected chi connectivity index (χ1v) is 7.56. The van der Waals surface area contributed by atoms with Gasteiger partial charge >= 0.3 is 0 Å². The summed E-state index contributed by atoms with van der Waals surface area (Å²) in [4.78, 5) is 2.46. The lowest BCUT2D eigenvalue weighted by Crippen LogP contribution is -2.59. The molecule has 1 atom stereocenters. The predicted octanol–water partition coefficient (Wildman–Crippen LogP) is 2.28.